The Morgan fingerprint density at radius 2 is 0.830 bits per heavy atom. The third-order valence-corrected chi connectivity index (χ3v) is 10.1. The fourth-order valence-corrected chi connectivity index (χ4v) is 6.80. The van der Waals surface area contributed by atoms with Crippen LogP contribution in [0.5, 0.6) is 0 Å². The predicted molar refractivity (Wildman–Crippen MR) is 162 cm³/mol. The molecule has 5 aliphatic heterocycles. The molecule has 0 unspecified atom stereocenters. The topological polar surface area (TPSA) is 366 Å². The Kier molecular flexibility index (Phi) is 14.8. The maximum absolute atomic E-state index is 11.3. The van der Waals surface area contributed by atoms with Gasteiger partial charge in [0.1, 0.15) is 97.7 Å². The molecule has 23 heteroatoms. The summed E-state index contributed by atoms with van der Waals surface area (Å²) in [6.07, 6.45) is -40.4. The minimum Gasteiger partial charge on any atom is -0.394 e. The van der Waals surface area contributed by atoms with Crippen LogP contribution in [-0.2, 0) is 42.6 Å². The molecule has 5 fully saturated rings. The summed E-state index contributed by atoms with van der Waals surface area (Å²) in [4.78, 5) is 0. The summed E-state index contributed by atoms with van der Waals surface area (Å²) in [5, 5.41) is 147. The monoisotopic (exact) mass is 780 g/mol. The average molecular weight is 781 g/mol. The molecule has 5 heterocycles. The summed E-state index contributed by atoms with van der Waals surface area (Å²) < 4.78 is 50.6. The van der Waals surface area contributed by atoms with Crippen molar-refractivity contribution in [2.75, 3.05) is 19.8 Å². The molecule has 0 amide bonds. The zero-order valence-electron chi connectivity index (χ0n) is 28.6. The number of aliphatic hydroxyl groups excluding tert-OH is 14. The molecule has 0 aromatic heterocycles. The summed E-state index contributed by atoms with van der Waals surface area (Å²) >= 11 is 0. The summed E-state index contributed by atoms with van der Waals surface area (Å²) in [5.41, 5.74) is 0. The van der Waals surface area contributed by atoms with Gasteiger partial charge < -0.3 is 114 Å². The van der Waals surface area contributed by atoms with Crippen LogP contribution in [0.2, 0.25) is 0 Å². The highest BCUT2D eigenvalue weighted by atomic mass is 16.8. The lowest BCUT2D eigenvalue weighted by Gasteiger charge is -2.50. The van der Waals surface area contributed by atoms with E-state index in [-0.39, 0.29) is 6.42 Å². The van der Waals surface area contributed by atoms with Crippen molar-refractivity contribution >= 4 is 0 Å². The fourth-order valence-electron chi connectivity index (χ4n) is 6.80. The molecule has 310 valence electrons. The van der Waals surface area contributed by atoms with Crippen LogP contribution in [0.4, 0.5) is 0 Å². The molecule has 53 heavy (non-hydrogen) atoms. The molecule has 0 radical (unpaired) electrons. The minimum atomic E-state index is -2.04. The SMILES string of the molecule is C[C@@H]1O[C@H](O[C@@H]2[C@@H](O[C@@H]3[C@@H](O[C@@H]4[C@@H](O)[C@H](O)O[C@H](CO)[C@@H]4O)O[C@H](CO)[C@@H](O)[C@@H]3O)O[C@H](CO)[C@@H](O)[C@@H]2O)[C@H](O)[C@H](O[C@H]2O[C@H](C)[C@H](O)C[C@H]2O)[C@H]1O. The van der Waals surface area contributed by atoms with Gasteiger partial charge in [0.15, 0.2) is 31.5 Å². The molecule has 24 atom stereocenters. The van der Waals surface area contributed by atoms with Crippen LogP contribution in [0.3, 0.4) is 0 Å². The van der Waals surface area contributed by atoms with E-state index in [1.54, 1.807) is 0 Å². The first kappa shape index (κ1) is 43.2. The van der Waals surface area contributed by atoms with Crippen molar-refractivity contribution in [3.63, 3.8) is 0 Å². The Balaban J connectivity index is 1.40. The molecule has 5 saturated heterocycles. The zero-order valence-corrected chi connectivity index (χ0v) is 28.6. The lowest BCUT2D eigenvalue weighted by atomic mass is 9.95. The number of rotatable bonds is 11. The van der Waals surface area contributed by atoms with Gasteiger partial charge in [-0.15, -0.1) is 0 Å². The van der Waals surface area contributed by atoms with E-state index in [2.05, 4.69) is 0 Å². The molecular weight excluding hydrogens is 728 g/mol. The summed E-state index contributed by atoms with van der Waals surface area (Å²) in [5.74, 6) is 0. The fraction of sp³-hybridized carbons (Fsp3) is 1.00. The van der Waals surface area contributed by atoms with Gasteiger partial charge in [0, 0.05) is 6.42 Å². The van der Waals surface area contributed by atoms with Crippen LogP contribution in [0.1, 0.15) is 20.3 Å². The van der Waals surface area contributed by atoms with Crippen molar-refractivity contribution in [1.29, 1.82) is 0 Å². The molecule has 0 bridgehead atoms. The van der Waals surface area contributed by atoms with Gasteiger partial charge in [0.05, 0.1) is 38.1 Å². The highest BCUT2D eigenvalue weighted by Crippen LogP contribution is 2.36. The Bertz CT molecular complexity index is 1140. The first-order valence-electron chi connectivity index (χ1n) is 17.2. The van der Waals surface area contributed by atoms with Crippen molar-refractivity contribution in [3.05, 3.63) is 0 Å². The van der Waals surface area contributed by atoms with E-state index < -0.39 is 167 Å². The van der Waals surface area contributed by atoms with E-state index >= 15 is 0 Å². The van der Waals surface area contributed by atoms with Crippen molar-refractivity contribution in [3.8, 4) is 0 Å². The molecule has 0 aromatic rings. The third-order valence-electron chi connectivity index (χ3n) is 10.1. The maximum Gasteiger partial charge on any atom is 0.187 e. The largest absolute Gasteiger partial charge is 0.394 e. The van der Waals surface area contributed by atoms with E-state index in [0.29, 0.717) is 0 Å². The van der Waals surface area contributed by atoms with E-state index in [9.17, 15) is 71.5 Å². The van der Waals surface area contributed by atoms with E-state index in [0.717, 1.165) is 0 Å². The molecule has 0 aliphatic carbocycles. The second-order valence-electron chi connectivity index (χ2n) is 13.8. The smallest absolute Gasteiger partial charge is 0.187 e. The average Bonchev–Trinajstić information content (AvgIpc) is 3.12. The van der Waals surface area contributed by atoms with E-state index in [1.807, 2.05) is 0 Å². The number of hydrogen-bond acceptors (Lipinski definition) is 23. The van der Waals surface area contributed by atoms with Crippen LogP contribution in [0, 0.1) is 0 Å². The zero-order chi connectivity index (χ0) is 39.0. The van der Waals surface area contributed by atoms with E-state index in [1.165, 1.54) is 13.8 Å². The van der Waals surface area contributed by atoms with Crippen molar-refractivity contribution in [2.45, 2.75) is 168 Å². The lowest BCUT2D eigenvalue weighted by molar-refractivity contribution is -0.405. The lowest BCUT2D eigenvalue weighted by Crippen LogP contribution is -2.68. The van der Waals surface area contributed by atoms with Gasteiger partial charge in [-0.3, -0.25) is 0 Å². The quantitative estimate of drug-likeness (QED) is 0.0925. The van der Waals surface area contributed by atoms with E-state index in [4.69, 9.17) is 42.6 Å². The molecule has 14 N–H and O–H groups in total. The number of aliphatic hydroxyl groups is 14. The molecule has 0 aromatic carbocycles. The van der Waals surface area contributed by atoms with Crippen LogP contribution in [0.15, 0.2) is 0 Å². The Hall–Kier alpha value is -0.920. The first-order valence-corrected chi connectivity index (χ1v) is 17.2. The van der Waals surface area contributed by atoms with Crippen LogP contribution >= 0.6 is 0 Å². The molecule has 5 rings (SSSR count). The van der Waals surface area contributed by atoms with Crippen molar-refractivity contribution in [1.82, 2.24) is 0 Å². The van der Waals surface area contributed by atoms with Gasteiger partial charge in [-0.25, -0.2) is 0 Å². The number of hydrogen-bond donors (Lipinski definition) is 14. The maximum atomic E-state index is 11.3. The van der Waals surface area contributed by atoms with Crippen molar-refractivity contribution in [2.24, 2.45) is 0 Å². The van der Waals surface area contributed by atoms with Gasteiger partial charge in [0.25, 0.3) is 0 Å². The van der Waals surface area contributed by atoms with Crippen molar-refractivity contribution < 1.29 is 114 Å². The molecule has 0 spiro atoms. The van der Waals surface area contributed by atoms with Crippen LogP contribution in [-0.4, -0.2) is 239 Å². The predicted octanol–water partition coefficient (Wildman–Crippen LogP) is -8.84. The highest BCUT2D eigenvalue weighted by molar-refractivity contribution is 4.98. The van der Waals surface area contributed by atoms with Gasteiger partial charge in [-0.2, -0.15) is 0 Å². The molecule has 23 nitrogen and oxygen atoms in total. The molecule has 5 aliphatic rings. The highest BCUT2D eigenvalue weighted by Gasteiger charge is 2.56. The summed E-state index contributed by atoms with van der Waals surface area (Å²) in [6.45, 7) is 0.274. The second kappa shape index (κ2) is 18.1. The van der Waals surface area contributed by atoms with Gasteiger partial charge in [0.2, 0.25) is 0 Å². The Labute approximate surface area is 301 Å². The number of ether oxygens (including phenoxy) is 9. The standard InChI is InChI=1S/C30H52O23/c1-7-9(34)3-10(35)27(45-7)50-22-14(36)8(2)46-28(21(22)43)52-24-18(40)15(37)12(5-32)49-30(24)53-25-19(41)16(38)11(4-31)48-29(25)51-23-17(39)13(6-33)47-26(44)20(23)42/h7-44H,3-6H2,1-2H3/t7-,8+,9-,10-,11-,12-,13-,14+,15-,16-,17+,18+,19+,20-,21-,22-,23+,24+,25+,26-,27-,28-,29-,30-/m1/s1. The first-order chi connectivity index (χ1) is 25.0. The Morgan fingerprint density at radius 3 is 1.36 bits per heavy atom. The van der Waals surface area contributed by atoms with Crippen LogP contribution < -0.4 is 0 Å². The summed E-state index contributed by atoms with van der Waals surface area (Å²) in [6, 6.07) is 0. The van der Waals surface area contributed by atoms with Gasteiger partial charge >= 0.3 is 0 Å². The second-order valence-corrected chi connectivity index (χ2v) is 13.8. The third kappa shape index (κ3) is 8.98. The van der Waals surface area contributed by atoms with Gasteiger partial charge in [-0.05, 0) is 13.8 Å². The normalized spacial score (nSPS) is 54.1. The molecular formula is C30H52O23. The Morgan fingerprint density at radius 1 is 0.396 bits per heavy atom. The summed E-state index contributed by atoms with van der Waals surface area (Å²) in [7, 11) is 0. The van der Waals surface area contributed by atoms with Gasteiger partial charge in [-0.1, -0.05) is 0 Å². The minimum absolute atomic E-state index is 0.143. The molecule has 0 saturated carbocycles. The van der Waals surface area contributed by atoms with Crippen LogP contribution in [0.25, 0.3) is 0 Å².